The molecule has 1 aliphatic heterocycles. The molecule has 1 aliphatic rings. The van der Waals surface area contributed by atoms with Crippen LogP contribution in [0.2, 0.25) is 0 Å². The summed E-state index contributed by atoms with van der Waals surface area (Å²) in [7, 11) is 0. The number of likely N-dealkylation sites (tertiary alicyclic amines) is 1. The van der Waals surface area contributed by atoms with Crippen LogP contribution in [0.4, 0.5) is 4.79 Å². The van der Waals surface area contributed by atoms with E-state index in [-0.39, 0.29) is 12.1 Å². The summed E-state index contributed by atoms with van der Waals surface area (Å²) in [5.74, 6) is 0. The van der Waals surface area contributed by atoms with Crippen LogP contribution in [0, 0.1) is 0 Å². The second kappa shape index (κ2) is 6.85. The Labute approximate surface area is 163 Å². The zero-order valence-electron chi connectivity index (χ0n) is 16.4. The smallest absolute Gasteiger partial charge is 0.410 e. The van der Waals surface area contributed by atoms with Gasteiger partial charge in [-0.25, -0.2) is 4.79 Å². The van der Waals surface area contributed by atoms with Gasteiger partial charge in [-0.3, -0.25) is 9.67 Å². The zero-order chi connectivity index (χ0) is 19.9. The molecule has 1 N–H and O–H groups in total. The molecule has 148 valence electrons. The summed E-state index contributed by atoms with van der Waals surface area (Å²) in [6.07, 6.45) is 8.58. The van der Waals surface area contributed by atoms with Gasteiger partial charge in [0.1, 0.15) is 11.1 Å². The number of hydrogen-bond acceptors (Lipinski definition) is 5. The predicted octanol–water partition coefficient (Wildman–Crippen LogP) is 3.71. The van der Waals surface area contributed by atoms with Crippen molar-refractivity contribution in [2.45, 2.75) is 45.3 Å². The minimum absolute atomic E-state index is 0.242. The van der Waals surface area contributed by atoms with Crippen molar-refractivity contribution in [1.82, 2.24) is 24.4 Å². The van der Waals surface area contributed by atoms with Crippen LogP contribution in [-0.4, -0.2) is 54.4 Å². The zero-order valence-corrected chi connectivity index (χ0v) is 16.4. The molecule has 3 aromatic rings. The molecule has 0 aliphatic carbocycles. The van der Waals surface area contributed by atoms with E-state index in [4.69, 9.17) is 4.74 Å². The Morgan fingerprint density at radius 3 is 2.68 bits per heavy atom. The molecule has 1 saturated heterocycles. The second-order valence-corrected chi connectivity index (χ2v) is 8.20. The van der Waals surface area contributed by atoms with Crippen molar-refractivity contribution in [3.63, 3.8) is 0 Å². The SMILES string of the molecule is CC(C)(C)OC(=O)N1CCC(n2cc(-c3cnc4ccn(O)c4c3)cn2)CC1. The number of pyridine rings is 1. The first-order valence-corrected chi connectivity index (χ1v) is 9.49. The number of ether oxygens (including phenoxy) is 1. The Bertz CT molecular complexity index is 993. The standard InChI is InChI=1S/C20H25N5O3/c1-20(2,3)28-19(26)23-7-4-16(5-8-23)24-13-15(12-22-24)14-10-18-17(21-11-14)6-9-25(18)27/h6,9-13,16,27H,4-5,7-8H2,1-3H3. The number of carbonyl (C=O) groups is 1. The van der Waals surface area contributed by atoms with E-state index in [2.05, 4.69) is 10.1 Å². The number of piperidine rings is 1. The lowest BCUT2D eigenvalue weighted by molar-refractivity contribution is 0.0185. The van der Waals surface area contributed by atoms with Gasteiger partial charge in [0.15, 0.2) is 0 Å². The largest absolute Gasteiger partial charge is 0.444 e. The fourth-order valence-corrected chi connectivity index (χ4v) is 3.48. The molecule has 0 aromatic carbocycles. The predicted molar refractivity (Wildman–Crippen MR) is 104 cm³/mol. The monoisotopic (exact) mass is 383 g/mol. The van der Waals surface area contributed by atoms with Gasteiger partial charge in [-0.05, 0) is 45.7 Å². The third kappa shape index (κ3) is 3.67. The van der Waals surface area contributed by atoms with Gasteiger partial charge in [-0.1, -0.05) is 0 Å². The summed E-state index contributed by atoms with van der Waals surface area (Å²) in [4.78, 5) is 18.4. The van der Waals surface area contributed by atoms with Gasteiger partial charge in [0, 0.05) is 42.8 Å². The molecule has 0 spiro atoms. The van der Waals surface area contributed by atoms with Crippen LogP contribution in [0.25, 0.3) is 22.2 Å². The van der Waals surface area contributed by atoms with Crippen molar-refractivity contribution >= 4 is 17.1 Å². The fraction of sp³-hybridized carbons (Fsp3) is 0.450. The van der Waals surface area contributed by atoms with Crippen molar-refractivity contribution in [3.05, 3.63) is 36.9 Å². The lowest BCUT2D eigenvalue weighted by Crippen LogP contribution is -2.42. The first-order chi connectivity index (χ1) is 13.3. The number of rotatable bonds is 2. The van der Waals surface area contributed by atoms with Crippen molar-refractivity contribution in [2.75, 3.05) is 13.1 Å². The lowest BCUT2D eigenvalue weighted by atomic mass is 10.1. The van der Waals surface area contributed by atoms with E-state index >= 15 is 0 Å². The average molecular weight is 383 g/mol. The maximum absolute atomic E-state index is 12.2. The Morgan fingerprint density at radius 1 is 1.21 bits per heavy atom. The van der Waals surface area contributed by atoms with E-state index in [0.717, 1.165) is 34.2 Å². The van der Waals surface area contributed by atoms with Crippen LogP contribution in [0.15, 0.2) is 36.9 Å². The van der Waals surface area contributed by atoms with Crippen molar-refractivity contribution < 1.29 is 14.7 Å². The fourth-order valence-electron chi connectivity index (χ4n) is 3.48. The van der Waals surface area contributed by atoms with Crippen LogP contribution < -0.4 is 0 Å². The number of amides is 1. The summed E-state index contributed by atoms with van der Waals surface area (Å²) in [6, 6.07) is 3.90. The molecule has 3 aromatic heterocycles. The van der Waals surface area contributed by atoms with Gasteiger partial charge >= 0.3 is 6.09 Å². The van der Waals surface area contributed by atoms with E-state index < -0.39 is 5.60 Å². The summed E-state index contributed by atoms with van der Waals surface area (Å²) >= 11 is 0. The van der Waals surface area contributed by atoms with Crippen LogP contribution in [0.5, 0.6) is 0 Å². The Balaban J connectivity index is 1.43. The molecule has 0 saturated carbocycles. The van der Waals surface area contributed by atoms with Gasteiger partial charge in [0.05, 0.1) is 17.8 Å². The molecule has 1 amide bonds. The highest BCUT2D eigenvalue weighted by molar-refractivity contribution is 5.80. The number of aromatic nitrogens is 4. The van der Waals surface area contributed by atoms with Gasteiger partial charge < -0.3 is 14.8 Å². The quantitative estimate of drug-likeness (QED) is 0.682. The molecule has 4 heterocycles. The third-order valence-electron chi connectivity index (χ3n) is 4.94. The average Bonchev–Trinajstić information content (AvgIpc) is 3.28. The van der Waals surface area contributed by atoms with Gasteiger partial charge in [-0.2, -0.15) is 9.83 Å². The molecule has 0 bridgehead atoms. The minimum Gasteiger partial charge on any atom is -0.444 e. The van der Waals surface area contributed by atoms with E-state index in [1.807, 2.05) is 43.9 Å². The van der Waals surface area contributed by atoms with E-state index in [1.165, 1.54) is 0 Å². The molecule has 1 fully saturated rings. The summed E-state index contributed by atoms with van der Waals surface area (Å²) in [5.41, 5.74) is 2.78. The topological polar surface area (TPSA) is 85.4 Å². The minimum atomic E-state index is -0.478. The molecule has 0 atom stereocenters. The highest BCUT2D eigenvalue weighted by atomic mass is 16.6. The molecular formula is C20H25N5O3. The van der Waals surface area contributed by atoms with Crippen LogP contribution in [0.3, 0.4) is 0 Å². The van der Waals surface area contributed by atoms with Gasteiger partial charge in [0.2, 0.25) is 0 Å². The van der Waals surface area contributed by atoms with E-state index in [1.54, 1.807) is 23.4 Å². The summed E-state index contributed by atoms with van der Waals surface area (Å²) < 4.78 is 8.49. The Morgan fingerprint density at radius 2 is 1.96 bits per heavy atom. The van der Waals surface area contributed by atoms with Crippen molar-refractivity contribution in [3.8, 4) is 11.1 Å². The third-order valence-corrected chi connectivity index (χ3v) is 4.94. The molecular weight excluding hydrogens is 358 g/mol. The first kappa shape index (κ1) is 18.3. The molecule has 8 nitrogen and oxygen atoms in total. The molecule has 28 heavy (non-hydrogen) atoms. The Kier molecular flexibility index (Phi) is 4.49. The normalized spacial score (nSPS) is 15.9. The number of fused-ring (bicyclic) bond motifs is 1. The second-order valence-electron chi connectivity index (χ2n) is 8.20. The van der Waals surface area contributed by atoms with Gasteiger partial charge in [-0.15, -0.1) is 0 Å². The molecule has 8 heteroatoms. The number of nitrogens with zero attached hydrogens (tertiary/aromatic N) is 5. The first-order valence-electron chi connectivity index (χ1n) is 9.49. The number of hydrogen-bond donors (Lipinski definition) is 1. The Hall–Kier alpha value is -3.03. The molecule has 0 radical (unpaired) electrons. The maximum atomic E-state index is 12.2. The molecule has 4 rings (SSSR count). The number of carbonyl (C=O) groups excluding carboxylic acids is 1. The van der Waals surface area contributed by atoms with Crippen molar-refractivity contribution in [1.29, 1.82) is 0 Å². The summed E-state index contributed by atoms with van der Waals surface area (Å²) in [5, 5.41) is 14.4. The van der Waals surface area contributed by atoms with E-state index in [0.29, 0.717) is 18.6 Å². The van der Waals surface area contributed by atoms with Crippen molar-refractivity contribution in [2.24, 2.45) is 0 Å². The van der Waals surface area contributed by atoms with Gasteiger partial charge in [0.25, 0.3) is 0 Å². The maximum Gasteiger partial charge on any atom is 0.410 e. The molecule has 0 unspecified atom stereocenters. The van der Waals surface area contributed by atoms with Crippen LogP contribution >= 0.6 is 0 Å². The highest BCUT2D eigenvalue weighted by Gasteiger charge is 2.27. The summed E-state index contributed by atoms with van der Waals surface area (Å²) in [6.45, 7) is 6.94. The van der Waals surface area contributed by atoms with Crippen LogP contribution in [0.1, 0.15) is 39.7 Å². The lowest BCUT2D eigenvalue weighted by Gasteiger charge is -2.33. The van der Waals surface area contributed by atoms with Crippen LogP contribution in [-0.2, 0) is 4.74 Å². The van der Waals surface area contributed by atoms with E-state index in [9.17, 15) is 10.0 Å². The highest BCUT2D eigenvalue weighted by Crippen LogP contribution is 2.27.